The van der Waals surface area contributed by atoms with Crippen LogP contribution >= 0.6 is 23.2 Å². The minimum absolute atomic E-state index is 0.0132. The monoisotopic (exact) mass is 307 g/mol. The van der Waals surface area contributed by atoms with E-state index in [0.29, 0.717) is 10.0 Å². The molecule has 1 atom stereocenters. The van der Waals surface area contributed by atoms with Gasteiger partial charge in [-0.2, -0.15) is 0 Å². The molecule has 0 fully saturated rings. The second-order valence-corrected chi connectivity index (χ2v) is 5.73. The Morgan fingerprint density at radius 3 is 2.60 bits per heavy atom. The Bertz CT molecular complexity index is 622. The Balaban J connectivity index is 2.08. The number of halogens is 2. The highest BCUT2D eigenvalue weighted by atomic mass is 35.5. The van der Waals surface area contributed by atoms with Crippen LogP contribution in [0.15, 0.2) is 36.4 Å². The number of hydrogen-bond donors (Lipinski definition) is 1. The fraction of sp³-hybridized carbons (Fsp3) is 0.250. The van der Waals surface area contributed by atoms with E-state index in [1.54, 1.807) is 6.07 Å². The van der Waals surface area contributed by atoms with E-state index in [1.165, 1.54) is 5.56 Å². The van der Waals surface area contributed by atoms with Crippen molar-refractivity contribution in [1.82, 2.24) is 5.32 Å². The van der Waals surface area contributed by atoms with E-state index in [0.717, 1.165) is 29.9 Å². The van der Waals surface area contributed by atoms with Crippen molar-refractivity contribution >= 4 is 23.2 Å². The Morgan fingerprint density at radius 2 is 1.90 bits per heavy atom. The van der Waals surface area contributed by atoms with E-state index < -0.39 is 0 Å². The third-order valence-electron chi connectivity index (χ3n) is 3.56. The first-order valence-corrected chi connectivity index (χ1v) is 7.32. The zero-order chi connectivity index (χ0) is 14.1. The van der Waals surface area contributed by atoms with E-state index in [-0.39, 0.29) is 6.04 Å². The van der Waals surface area contributed by atoms with Crippen LogP contribution in [0.25, 0.3) is 0 Å². The summed E-state index contributed by atoms with van der Waals surface area (Å²) >= 11 is 12.2. The minimum atomic E-state index is 0.0132. The number of nitrogens with one attached hydrogen (secondary N) is 1. The molecule has 4 heteroatoms. The average Bonchev–Trinajstić information content (AvgIpc) is 2.87. The molecular weight excluding hydrogens is 293 g/mol. The molecule has 0 aromatic heterocycles. The van der Waals surface area contributed by atoms with Gasteiger partial charge in [0, 0.05) is 22.0 Å². The lowest BCUT2D eigenvalue weighted by Crippen LogP contribution is -2.18. The van der Waals surface area contributed by atoms with Gasteiger partial charge in [0.25, 0.3) is 0 Å². The minimum Gasteiger partial charge on any atom is -0.493 e. The van der Waals surface area contributed by atoms with Gasteiger partial charge in [0.2, 0.25) is 0 Å². The summed E-state index contributed by atoms with van der Waals surface area (Å²) in [6.45, 7) is 0.749. The van der Waals surface area contributed by atoms with Crippen LogP contribution in [-0.4, -0.2) is 13.7 Å². The van der Waals surface area contributed by atoms with Crippen LogP contribution in [0.4, 0.5) is 0 Å². The van der Waals surface area contributed by atoms with Gasteiger partial charge < -0.3 is 10.1 Å². The molecule has 0 radical (unpaired) electrons. The molecule has 2 aromatic carbocycles. The van der Waals surface area contributed by atoms with Crippen LogP contribution in [0.1, 0.15) is 22.7 Å². The van der Waals surface area contributed by atoms with Gasteiger partial charge in [-0.25, -0.2) is 0 Å². The third kappa shape index (κ3) is 2.51. The van der Waals surface area contributed by atoms with Crippen LogP contribution in [0.2, 0.25) is 10.0 Å². The Hall–Kier alpha value is -1.22. The van der Waals surface area contributed by atoms with Crippen molar-refractivity contribution in [2.45, 2.75) is 12.5 Å². The fourth-order valence-electron chi connectivity index (χ4n) is 2.71. The van der Waals surface area contributed by atoms with Gasteiger partial charge in [0.05, 0.1) is 12.6 Å². The zero-order valence-corrected chi connectivity index (χ0v) is 12.6. The summed E-state index contributed by atoms with van der Waals surface area (Å²) in [5.74, 6) is 0.989. The molecule has 2 nitrogen and oxygen atoms in total. The van der Waals surface area contributed by atoms with Gasteiger partial charge in [0.1, 0.15) is 5.75 Å². The summed E-state index contributed by atoms with van der Waals surface area (Å²) < 4.78 is 5.79. The lowest BCUT2D eigenvalue weighted by atomic mass is 9.96. The maximum atomic E-state index is 6.11. The quantitative estimate of drug-likeness (QED) is 0.916. The van der Waals surface area contributed by atoms with E-state index in [2.05, 4.69) is 23.5 Å². The first-order chi connectivity index (χ1) is 9.69. The molecule has 1 aliphatic rings. The van der Waals surface area contributed by atoms with E-state index in [9.17, 15) is 0 Å². The predicted molar refractivity (Wildman–Crippen MR) is 83.0 cm³/mol. The zero-order valence-electron chi connectivity index (χ0n) is 11.1. The van der Waals surface area contributed by atoms with Gasteiger partial charge in [0.15, 0.2) is 0 Å². The summed E-state index contributed by atoms with van der Waals surface area (Å²) in [6, 6.07) is 11.9. The second-order valence-electron chi connectivity index (χ2n) is 4.86. The summed E-state index contributed by atoms with van der Waals surface area (Å²) in [5, 5.41) is 4.60. The predicted octanol–water partition coefficient (Wildman–Crippen LogP) is 4.24. The first-order valence-electron chi connectivity index (χ1n) is 6.57. The van der Waals surface area contributed by atoms with Crippen molar-refractivity contribution < 1.29 is 4.74 Å². The molecule has 2 aromatic rings. The molecule has 1 heterocycles. The fourth-order valence-corrected chi connectivity index (χ4v) is 3.25. The lowest BCUT2D eigenvalue weighted by Gasteiger charge is -2.20. The highest BCUT2D eigenvalue weighted by Crippen LogP contribution is 2.37. The molecule has 0 amide bonds. The first kappa shape index (κ1) is 13.7. The van der Waals surface area contributed by atoms with Crippen molar-refractivity contribution in [3.8, 4) is 5.75 Å². The maximum absolute atomic E-state index is 6.11. The van der Waals surface area contributed by atoms with Gasteiger partial charge >= 0.3 is 0 Å². The maximum Gasteiger partial charge on any atom is 0.127 e. The van der Waals surface area contributed by atoms with Crippen molar-refractivity contribution in [1.29, 1.82) is 0 Å². The summed E-state index contributed by atoms with van der Waals surface area (Å²) in [5.41, 5.74) is 3.42. The molecule has 1 unspecified atom stereocenters. The van der Waals surface area contributed by atoms with Crippen LogP contribution in [0.5, 0.6) is 5.75 Å². The van der Waals surface area contributed by atoms with Gasteiger partial charge in [-0.1, -0.05) is 41.4 Å². The summed E-state index contributed by atoms with van der Waals surface area (Å²) in [6.07, 6.45) is 0.968. The highest BCUT2D eigenvalue weighted by molar-refractivity contribution is 6.34. The smallest absolute Gasteiger partial charge is 0.127 e. The molecule has 0 aliphatic carbocycles. The van der Waals surface area contributed by atoms with Crippen LogP contribution in [-0.2, 0) is 6.42 Å². The number of hydrogen-bond acceptors (Lipinski definition) is 2. The van der Waals surface area contributed by atoms with E-state index >= 15 is 0 Å². The molecule has 0 saturated heterocycles. The van der Waals surface area contributed by atoms with Crippen LogP contribution < -0.4 is 10.1 Å². The van der Waals surface area contributed by atoms with Crippen molar-refractivity contribution in [3.05, 3.63) is 63.1 Å². The van der Waals surface area contributed by atoms with Gasteiger partial charge in [-0.3, -0.25) is 0 Å². The van der Waals surface area contributed by atoms with E-state index in [4.69, 9.17) is 27.9 Å². The van der Waals surface area contributed by atoms with Crippen molar-refractivity contribution in [2.75, 3.05) is 13.7 Å². The number of rotatable bonds is 3. The Labute approximate surface area is 128 Å². The Kier molecular flexibility index (Phi) is 3.88. The Morgan fingerprint density at radius 1 is 1.15 bits per heavy atom. The van der Waals surface area contributed by atoms with Crippen LogP contribution in [0.3, 0.4) is 0 Å². The molecule has 20 heavy (non-hydrogen) atoms. The molecule has 0 bridgehead atoms. The molecular formula is C16H15Cl2NO. The van der Waals surface area contributed by atoms with Crippen molar-refractivity contribution in [3.63, 3.8) is 0 Å². The third-order valence-corrected chi connectivity index (χ3v) is 4.00. The van der Waals surface area contributed by atoms with Gasteiger partial charge in [-0.15, -0.1) is 0 Å². The molecule has 0 saturated carbocycles. The SMILES string of the molecule is CNC(c1cc(Cl)cc(Cl)c1)c1cccc2c1OCC2. The van der Waals surface area contributed by atoms with Crippen LogP contribution in [0, 0.1) is 0 Å². The largest absolute Gasteiger partial charge is 0.493 e. The second kappa shape index (κ2) is 5.65. The van der Waals surface area contributed by atoms with Gasteiger partial charge in [-0.05, 0) is 36.4 Å². The molecule has 0 spiro atoms. The molecule has 3 rings (SSSR count). The molecule has 1 N–H and O–H groups in total. The summed E-state index contributed by atoms with van der Waals surface area (Å²) in [7, 11) is 1.92. The number of para-hydroxylation sites is 1. The topological polar surface area (TPSA) is 21.3 Å². The lowest BCUT2D eigenvalue weighted by molar-refractivity contribution is 0.351. The number of benzene rings is 2. The normalized spacial score (nSPS) is 14.8. The van der Waals surface area contributed by atoms with E-state index in [1.807, 2.05) is 19.2 Å². The standard InChI is InChI=1S/C16H15Cl2NO/c1-19-15(11-7-12(17)9-13(18)8-11)14-4-2-3-10-5-6-20-16(10)14/h2-4,7-9,15,19H,5-6H2,1H3. The highest BCUT2D eigenvalue weighted by Gasteiger charge is 2.22. The molecule has 104 valence electrons. The van der Waals surface area contributed by atoms with Crippen molar-refractivity contribution in [2.24, 2.45) is 0 Å². The molecule has 1 aliphatic heterocycles. The number of ether oxygens (including phenoxy) is 1. The average molecular weight is 308 g/mol. The number of fused-ring (bicyclic) bond motifs is 1. The summed E-state index contributed by atoms with van der Waals surface area (Å²) in [4.78, 5) is 0.